The first kappa shape index (κ1) is 14.0. The van der Waals surface area contributed by atoms with Crippen LogP contribution in [-0.4, -0.2) is 26.1 Å². The number of aliphatic carboxylic acids is 1. The first-order chi connectivity index (χ1) is 9.25. The quantitative estimate of drug-likeness (QED) is 0.634. The van der Waals surface area contributed by atoms with Gasteiger partial charge in [0.15, 0.2) is 0 Å². The Morgan fingerprint density at radius 2 is 2.00 bits per heavy atom. The van der Waals surface area contributed by atoms with E-state index in [9.17, 15) is 4.79 Å². The second kappa shape index (κ2) is 7.26. The second-order valence-electron chi connectivity index (χ2n) is 5.44. The Labute approximate surface area is 114 Å². The molecule has 0 saturated heterocycles. The van der Waals surface area contributed by atoms with Gasteiger partial charge in [0.1, 0.15) is 0 Å². The molecule has 5 nitrogen and oxygen atoms in total. The maximum atomic E-state index is 10.4. The molecule has 1 fully saturated rings. The van der Waals surface area contributed by atoms with Crippen LogP contribution in [0.1, 0.15) is 69.5 Å². The van der Waals surface area contributed by atoms with Crippen molar-refractivity contribution in [2.75, 3.05) is 0 Å². The van der Waals surface area contributed by atoms with Crippen LogP contribution in [0.5, 0.6) is 0 Å². The fraction of sp³-hybridized carbons (Fsp3) is 0.786. The van der Waals surface area contributed by atoms with E-state index in [1.807, 2.05) is 4.68 Å². The first-order valence-electron chi connectivity index (χ1n) is 7.38. The molecular formula is C14H23N3O2. The number of aryl methyl sites for hydroxylation is 1. The topological polar surface area (TPSA) is 68.0 Å². The molecule has 5 heteroatoms. The SMILES string of the molecule is O=C(O)CCCCc1cn(C2CCCCCC2)nn1. The highest BCUT2D eigenvalue weighted by atomic mass is 16.4. The first-order valence-corrected chi connectivity index (χ1v) is 7.38. The molecule has 0 amide bonds. The van der Waals surface area contributed by atoms with E-state index in [4.69, 9.17) is 5.11 Å². The van der Waals surface area contributed by atoms with Gasteiger partial charge in [0.25, 0.3) is 0 Å². The van der Waals surface area contributed by atoms with Gasteiger partial charge in [-0.25, -0.2) is 4.68 Å². The molecule has 2 rings (SSSR count). The van der Waals surface area contributed by atoms with Crippen LogP contribution < -0.4 is 0 Å². The summed E-state index contributed by atoms with van der Waals surface area (Å²) in [6.07, 6.45) is 12.4. The Hall–Kier alpha value is -1.39. The molecule has 1 aromatic heterocycles. The summed E-state index contributed by atoms with van der Waals surface area (Å²) in [5, 5.41) is 17.0. The summed E-state index contributed by atoms with van der Waals surface area (Å²) in [4.78, 5) is 10.4. The lowest BCUT2D eigenvalue weighted by Crippen LogP contribution is -2.08. The van der Waals surface area contributed by atoms with Crippen molar-refractivity contribution in [1.82, 2.24) is 15.0 Å². The number of rotatable bonds is 6. The summed E-state index contributed by atoms with van der Waals surface area (Å²) in [7, 11) is 0. The molecule has 1 N–H and O–H groups in total. The summed E-state index contributed by atoms with van der Waals surface area (Å²) in [5.74, 6) is -0.720. The lowest BCUT2D eigenvalue weighted by molar-refractivity contribution is -0.137. The number of carboxylic acids is 1. The summed E-state index contributed by atoms with van der Waals surface area (Å²) in [6, 6.07) is 0.516. The maximum absolute atomic E-state index is 10.4. The molecule has 0 aliphatic heterocycles. The molecule has 19 heavy (non-hydrogen) atoms. The van der Waals surface area contributed by atoms with Crippen molar-refractivity contribution in [2.24, 2.45) is 0 Å². The fourth-order valence-corrected chi connectivity index (χ4v) is 2.71. The number of unbranched alkanes of at least 4 members (excludes halogenated alkanes) is 1. The smallest absolute Gasteiger partial charge is 0.303 e. The molecule has 1 aliphatic carbocycles. The van der Waals surface area contributed by atoms with Crippen LogP contribution in [0.25, 0.3) is 0 Å². The highest BCUT2D eigenvalue weighted by molar-refractivity contribution is 5.66. The highest BCUT2D eigenvalue weighted by Crippen LogP contribution is 2.26. The number of aromatic nitrogens is 3. The van der Waals surface area contributed by atoms with Gasteiger partial charge in [-0.1, -0.05) is 30.9 Å². The van der Waals surface area contributed by atoms with Gasteiger partial charge in [-0.2, -0.15) is 0 Å². The Morgan fingerprint density at radius 1 is 1.26 bits per heavy atom. The number of carbonyl (C=O) groups is 1. The van der Waals surface area contributed by atoms with Crippen molar-refractivity contribution in [3.63, 3.8) is 0 Å². The molecule has 0 aromatic carbocycles. The Morgan fingerprint density at radius 3 is 2.68 bits per heavy atom. The summed E-state index contributed by atoms with van der Waals surface area (Å²) in [5.41, 5.74) is 0.995. The van der Waals surface area contributed by atoms with Crippen molar-refractivity contribution in [3.05, 3.63) is 11.9 Å². The van der Waals surface area contributed by atoms with Crippen LogP contribution in [0, 0.1) is 0 Å². The van der Waals surface area contributed by atoms with Crippen LogP contribution in [0.15, 0.2) is 6.20 Å². The van der Waals surface area contributed by atoms with Crippen molar-refractivity contribution in [1.29, 1.82) is 0 Å². The van der Waals surface area contributed by atoms with Crippen molar-refractivity contribution in [3.8, 4) is 0 Å². The molecule has 1 aromatic rings. The number of hydrogen-bond acceptors (Lipinski definition) is 3. The molecule has 0 unspecified atom stereocenters. The minimum Gasteiger partial charge on any atom is -0.481 e. The van der Waals surface area contributed by atoms with E-state index < -0.39 is 5.97 Å². The van der Waals surface area contributed by atoms with E-state index in [-0.39, 0.29) is 6.42 Å². The summed E-state index contributed by atoms with van der Waals surface area (Å²) in [6.45, 7) is 0. The second-order valence-corrected chi connectivity index (χ2v) is 5.44. The van der Waals surface area contributed by atoms with Gasteiger partial charge in [-0.15, -0.1) is 5.10 Å². The van der Waals surface area contributed by atoms with Gasteiger partial charge < -0.3 is 5.11 Å². The molecule has 0 bridgehead atoms. The monoisotopic (exact) mass is 265 g/mol. The van der Waals surface area contributed by atoms with Gasteiger partial charge >= 0.3 is 5.97 Å². The van der Waals surface area contributed by atoms with E-state index in [0.717, 1.165) is 18.5 Å². The largest absolute Gasteiger partial charge is 0.481 e. The molecular weight excluding hydrogens is 242 g/mol. The average molecular weight is 265 g/mol. The lowest BCUT2D eigenvalue weighted by Gasteiger charge is -2.12. The fourth-order valence-electron chi connectivity index (χ4n) is 2.71. The molecule has 1 heterocycles. The molecule has 0 spiro atoms. The highest BCUT2D eigenvalue weighted by Gasteiger charge is 2.15. The van der Waals surface area contributed by atoms with E-state index in [1.54, 1.807) is 0 Å². The van der Waals surface area contributed by atoms with Crippen LogP contribution in [0.3, 0.4) is 0 Å². The normalized spacial score (nSPS) is 17.3. The molecule has 0 radical (unpaired) electrons. The third-order valence-electron chi connectivity index (χ3n) is 3.83. The molecule has 1 aliphatic rings. The third kappa shape index (κ3) is 4.65. The predicted molar refractivity (Wildman–Crippen MR) is 72.0 cm³/mol. The molecule has 106 valence electrons. The van der Waals surface area contributed by atoms with Crippen LogP contribution in [0.2, 0.25) is 0 Å². The van der Waals surface area contributed by atoms with Crippen molar-refractivity contribution in [2.45, 2.75) is 70.3 Å². The standard InChI is InChI=1S/C14H23N3O2/c18-14(19)10-6-5-7-12-11-17(16-15-12)13-8-3-1-2-4-9-13/h11,13H,1-10H2,(H,18,19). The Balaban J connectivity index is 1.79. The van der Waals surface area contributed by atoms with Crippen LogP contribution >= 0.6 is 0 Å². The zero-order valence-electron chi connectivity index (χ0n) is 11.4. The minimum absolute atomic E-state index is 0.247. The maximum Gasteiger partial charge on any atom is 0.303 e. The van der Waals surface area contributed by atoms with Crippen LogP contribution in [0.4, 0.5) is 0 Å². The number of nitrogens with zero attached hydrogens (tertiary/aromatic N) is 3. The lowest BCUT2D eigenvalue weighted by atomic mass is 10.1. The van der Waals surface area contributed by atoms with E-state index >= 15 is 0 Å². The zero-order chi connectivity index (χ0) is 13.5. The number of hydrogen-bond donors (Lipinski definition) is 1. The third-order valence-corrected chi connectivity index (χ3v) is 3.83. The predicted octanol–water partition coefficient (Wildman–Crippen LogP) is 2.97. The van der Waals surface area contributed by atoms with Gasteiger partial charge in [0.2, 0.25) is 0 Å². The zero-order valence-corrected chi connectivity index (χ0v) is 11.4. The molecule has 0 atom stereocenters. The number of carboxylic acid groups (broad SMARTS) is 1. The van der Waals surface area contributed by atoms with Crippen molar-refractivity contribution >= 4 is 5.97 Å². The van der Waals surface area contributed by atoms with E-state index in [2.05, 4.69) is 16.5 Å². The summed E-state index contributed by atoms with van der Waals surface area (Å²) >= 11 is 0. The van der Waals surface area contributed by atoms with Crippen LogP contribution in [-0.2, 0) is 11.2 Å². The van der Waals surface area contributed by atoms with Gasteiger partial charge in [0.05, 0.1) is 11.7 Å². The minimum atomic E-state index is -0.720. The van der Waals surface area contributed by atoms with Gasteiger partial charge in [-0.3, -0.25) is 4.79 Å². The summed E-state index contributed by atoms with van der Waals surface area (Å²) < 4.78 is 2.03. The Bertz CT molecular complexity index is 395. The van der Waals surface area contributed by atoms with Gasteiger partial charge in [0, 0.05) is 12.6 Å². The Kier molecular flexibility index (Phi) is 5.36. The van der Waals surface area contributed by atoms with Crippen molar-refractivity contribution < 1.29 is 9.90 Å². The van der Waals surface area contributed by atoms with Gasteiger partial charge in [-0.05, 0) is 32.1 Å². The van der Waals surface area contributed by atoms with E-state index in [1.165, 1.54) is 38.5 Å². The molecule has 1 saturated carbocycles. The average Bonchev–Trinajstić information content (AvgIpc) is 2.68. The van der Waals surface area contributed by atoms with E-state index in [0.29, 0.717) is 12.5 Å².